The minimum absolute atomic E-state index is 0.0531. The third kappa shape index (κ3) is 3.42. The van der Waals surface area contributed by atoms with Crippen LogP contribution < -0.4 is 10.1 Å². The molecule has 1 unspecified atom stereocenters. The molecule has 6 nitrogen and oxygen atoms in total. The molecule has 1 aromatic carbocycles. The smallest absolute Gasteiger partial charge is 0.290 e. The molecule has 0 aromatic heterocycles. The number of hydrogen-bond acceptors (Lipinski definition) is 5. The lowest BCUT2D eigenvalue weighted by molar-refractivity contribution is -0.385. The Balaban J connectivity index is 1.95. The van der Waals surface area contributed by atoms with Crippen molar-refractivity contribution in [3.63, 3.8) is 0 Å². The fourth-order valence-electron chi connectivity index (χ4n) is 2.15. The monoisotopic (exact) mass is 261 g/mol. The average Bonchev–Trinajstić information content (AvgIpc) is 2.91. The molecule has 2 rings (SSSR count). The number of rotatable bonds is 5. The topological polar surface area (TPSA) is 88.2 Å². The summed E-state index contributed by atoms with van der Waals surface area (Å²) >= 11 is 0. The van der Waals surface area contributed by atoms with E-state index in [1.165, 1.54) is 12.1 Å². The number of nitriles is 1. The van der Waals surface area contributed by atoms with Crippen molar-refractivity contribution in [1.29, 1.82) is 5.26 Å². The van der Waals surface area contributed by atoms with Crippen LogP contribution in [0.4, 0.5) is 5.69 Å². The fourth-order valence-corrected chi connectivity index (χ4v) is 2.15. The summed E-state index contributed by atoms with van der Waals surface area (Å²) in [5.41, 5.74) is -0.153. The molecular formula is C13H15N3O3. The molecule has 1 aliphatic heterocycles. The van der Waals surface area contributed by atoms with Crippen molar-refractivity contribution in [2.45, 2.75) is 12.8 Å². The molecule has 100 valence electrons. The van der Waals surface area contributed by atoms with E-state index in [0.29, 0.717) is 18.3 Å². The number of nitrogens with one attached hydrogen (secondary N) is 1. The number of ether oxygens (including phenoxy) is 1. The van der Waals surface area contributed by atoms with E-state index in [0.717, 1.165) is 25.9 Å². The Kier molecular flexibility index (Phi) is 4.31. The van der Waals surface area contributed by atoms with Gasteiger partial charge in [0.1, 0.15) is 17.4 Å². The Morgan fingerprint density at radius 2 is 2.42 bits per heavy atom. The summed E-state index contributed by atoms with van der Waals surface area (Å²) in [5, 5.41) is 22.9. The third-order valence-corrected chi connectivity index (χ3v) is 3.24. The van der Waals surface area contributed by atoms with E-state index in [-0.39, 0.29) is 11.3 Å². The van der Waals surface area contributed by atoms with Crippen LogP contribution in [-0.2, 0) is 0 Å². The molecule has 1 aliphatic rings. The molecule has 6 heteroatoms. The van der Waals surface area contributed by atoms with Gasteiger partial charge >= 0.3 is 0 Å². The van der Waals surface area contributed by atoms with E-state index in [2.05, 4.69) is 5.32 Å². The van der Waals surface area contributed by atoms with Crippen LogP contribution in [0.2, 0.25) is 0 Å². The van der Waals surface area contributed by atoms with Crippen molar-refractivity contribution in [2.24, 2.45) is 5.92 Å². The molecule has 0 radical (unpaired) electrons. The highest BCUT2D eigenvalue weighted by Crippen LogP contribution is 2.24. The van der Waals surface area contributed by atoms with Crippen molar-refractivity contribution >= 4 is 5.69 Å². The molecule has 0 amide bonds. The molecule has 1 saturated heterocycles. The molecule has 0 saturated carbocycles. The minimum atomic E-state index is -0.563. The van der Waals surface area contributed by atoms with Gasteiger partial charge in [-0.15, -0.1) is 0 Å². The zero-order valence-corrected chi connectivity index (χ0v) is 10.5. The highest BCUT2D eigenvalue weighted by molar-refractivity contribution is 5.52. The van der Waals surface area contributed by atoms with Gasteiger partial charge in [0.15, 0.2) is 0 Å². The molecular weight excluding hydrogens is 246 g/mol. The van der Waals surface area contributed by atoms with Gasteiger partial charge in [-0.25, -0.2) is 0 Å². The number of benzene rings is 1. The number of nitro groups is 1. The zero-order chi connectivity index (χ0) is 13.7. The summed E-state index contributed by atoms with van der Waals surface area (Å²) in [6, 6.07) is 6.13. The van der Waals surface area contributed by atoms with Gasteiger partial charge in [-0.05, 0) is 44.0 Å². The molecule has 0 spiro atoms. The van der Waals surface area contributed by atoms with Crippen LogP contribution in [0.25, 0.3) is 0 Å². The SMILES string of the molecule is N#Cc1ccc(OCCC2CCNC2)cc1[N+](=O)[O-]. The molecule has 1 heterocycles. The molecule has 1 aromatic rings. The first-order valence-corrected chi connectivity index (χ1v) is 6.23. The van der Waals surface area contributed by atoms with Gasteiger partial charge in [0.05, 0.1) is 17.6 Å². The fraction of sp³-hybridized carbons (Fsp3) is 0.462. The first-order chi connectivity index (χ1) is 9.20. The quantitative estimate of drug-likeness (QED) is 0.645. The predicted octanol–water partition coefficient (Wildman–Crippen LogP) is 1.84. The van der Waals surface area contributed by atoms with Crippen LogP contribution in [0.15, 0.2) is 18.2 Å². The van der Waals surface area contributed by atoms with Gasteiger partial charge in [-0.2, -0.15) is 5.26 Å². The van der Waals surface area contributed by atoms with E-state index < -0.39 is 4.92 Å². The summed E-state index contributed by atoms with van der Waals surface area (Å²) in [6.07, 6.45) is 2.08. The Morgan fingerprint density at radius 3 is 3.05 bits per heavy atom. The van der Waals surface area contributed by atoms with Gasteiger partial charge < -0.3 is 10.1 Å². The summed E-state index contributed by atoms with van der Waals surface area (Å²) in [6.45, 7) is 2.60. The van der Waals surface area contributed by atoms with E-state index in [1.807, 2.05) is 0 Å². The summed E-state index contributed by atoms with van der Waals surface area (Å²) in [4.78, 5) is 10.2. The van der Waals surface area contributed by atoms with Gasteiger partial charge in [0.2, 0.25) is 0 Å². The molecule has 1 atom stereocenters. The van der Waals surface area contributed by atoms with E-state index >= 15 is 0 Å². The van der Waals surface area contributed by atoms with Crippen LogP contribution in [0.1, 0.15) is 18.4 Å². The average molecular weight is 261 g/mol. The maximum absolute atomic E-state index is 10.8. The van der Waals surface area contributed by atoms with Crippen LogP contribution in [0.5, 0.6) is 5.75 Å². The largest absolute Gasteiger partial charge is 0.493 e. The highest BCUT2D eigenvalue weighted by Gasteiger charge is 2.16. The molecule has 1 fully saturated rings. The second kappa shape index (κ2) is 6.16. The Morgan fingerprint density at radius 1 is 1.58 bits per heavy atom. The number of nitro benzene ring substituents is 1. The summed E-state index contributed by atoms with van der Waals surface area (Å²) in [5.74, 6) is 1.06. The van der Waals surface area contributed by atoms with Crippen LogP contribution in [0.3, 0.4) is 0 Å². The van der Waals surface area contributed by atoms with Gasteiger partial charge in [0.25, 0.3) is 5.69 Å². The van der Waals surface area contributed by atoms with Crippen LogP contribution in [0, 0.1) is 27.4 Å². The molecule has 19 heavy (non-hydrogen) atoms. The van der Waals surface area contributed by atoms with Crippen LogP contribution in [-0.4, -0.2) is 24.6 Å². The van der Waals surface area contributed by atoms with Crippen molar-refractivity contribution in [3.8, 4) is 11.8 Å². The second-order valence-corrected chi connectivity index (χ2v) is 4.54. The van der Waals surface area contributed by atoms with Gasteiger partial charge in [-0.1, -0.05) is 0 Å². The van der Waals surface area contributed by atoms with E-state index in [4.69, 9.17) is 10.00 Å². The highest BCUT2D eigenvalue weighted by atomic mass is 16.6. The number of hydrogen-bond donors (Lipinski definition) is 1. The Labute approximate surface area is 111 Å². The second-order valence-electron chi connectivity index (χ2n) is 4.54. The van der Waals surface area contributed by atoms with Gasteiger partial charge in [0, 0.05) is 0 Å². The zero-order valence-electron chi connectivity index (χ0n) is 10.5. The maximum atomic E-state index is 10.8. The first kappa shape index (κ1) is 13.3. The Hall–Kier alpha value is -2.13. The molecule has 0 bridgehead atoms. The first-order valence-electron chi connectivity index (χ1n) is 6.23. The van der Waals surface area contributed by atoms with E-state index in [1.54, 1.807) is 12.1 Å². The maximum Gasteiger partial charge on any atom is 0.290 e. The van der Waals surface area contributed by atoms with Crippen molar-refractivity contribution < 1.29 is 9.66 Å². The lowest BCUT2D eigenvalue weighted by Crippen LogP contribution is -2.11. The van der Waals surface area contributed by atoms with Crippen molar-refractivity contribution in [3.05, 3.63) is 33.9 Å². The summed E-state index contributed by atoms with van der Waals surface area (Å²) < 4.78 is 5.52. The summed E-state index contributed by atoms with van der Waals surface area (Å²) in [7, 11) is 0. The molecule has 1 N–H and O–H groups in total. The lowest BCUT2D eigenvalue weighted by atomic mass is 10.1. The van der Waals surface area contributed by atoms with Crippen molar-refractivity contribution in [1.82, 2.24) is 5.32 Å². The van der Waals surface area contributed by atoms with Crippen molar-refractivity contribution in [2.75, 3.05) is 19.7 Å². The lowest BCUT2D eigenvalue weighted by Gasteiger charge is -2.10. The van der Waals surface area contributed by atoms with Crippen LogP contribution >= 0.6 is 0 Å². The standard InChI is InChI=1S/C13H15N3O3/c14-8-11-1-2-12(7-13(11)16(17)18)19-6-4-10-3-5-15-9-10/h1-2,7,10,15H,3-6,9H2. The number of nitrogens with zero attached hydrogens (tertiary/aromatic N) is 2. The normalized spacial score (nSPS) is 17.9. The predicted molar refractivity (Wildman–Crippen MR) is 68.9 cm³/mol. The molecule has 0 aliphatic carbocycles. The van der Waals surface area contributed by atoms with Gasteiger partial charge in [-0.3, -0.25) is 10.1 Å². The van der Waals surface area contributed by atoms with E-state index in [9.17, 15) is 10.1 Å². The Bertz CT molecular complexity index is 504. The third-order valence-electron chi connectivity index (χ3n) is 3.24. The minimum Gasteiger partial charge on any atom is -0.493 e.